The fourth-order valence-corrected chi connectivity index (χ4v) is 2.85. The van der Waals surface area contributed by atoms with Crippen molar-refractivity contribution in [2.24, 2.45) is 7.05 Å². The van der Waals surface area contributed by atoms with Crippen molar-refractivity contribution in [1.29, 1.82) is 0 Å². The van der Waals surface area contributed by atoms with Crippen LogP contribution in [0.5, 0.6) is 0 Å². The SMILES string of the molecule is Cn1cc(C2CCCN2C(=O)CCc2ccco2)cn1. The summed E-state index contributed by atoms with van der Waals surface area (Å²) in [7, 11) is 1.90. The van der Waals surface area contributed by atoms with Crippen molar-refractivity contribution in [1.82, 2.24) is 14.7 Å². The van der Waals surface area contributed by atoms with E-state index in [9.17, 15) is 4.79 Å². The molecule has 1 atom stereocenters. The molecule has 1 unspecified atom stereocenters. The van der Waals surface area contributed by atoms with Gasteiger partial charge in [0.05, 0.1) is 18.5 Å². The van der Waals surface area contributed by atoms with Gasteiger partial charge in [-0.25, -0.2) is 0 Å². The lowest BCUT2D eigenvalue weighted by molar-refractivity contribution is -0.132. The molecule has 0 aliphatic carbocycles. The lowest BCUT2D eigenvalue weighted by atomic mass is 10.1. The fourth-order valence-electron chi connectivity index (χ4n) is 2.85. The van der Waals surface area contributed by atoms with Gasteiger partial charge in [0.2, 0.25) is 5.91 Å². The summed E-state index contributed by atoms with van der Waals surface area (Å²) in [6, 6.07) is 3.96. The summed E-state index contributed by atoms with van der Waals surface area (Å²) in [6.45, 7) is 0.844. The van der Waals surface area contributed by atoms with E-state index in [1.54, 1.807) is 10.9 Å². The maximum Gasteiger partial charge on any atom is 0.223 e. The Balaban J connectivity index is 1.64. The number of hydrogen-bond donors (Lipinski definition) is 0. The normalized spacial score (nSPS) is 18.6. The van der Waals surface area contributed by atoms with Crippen molar-refractivity contribution >= 4 is 5.91 Å². The summed E-state index contributed by atoms with van der Waals surface area (Å²) < 4.78 is 7.07. The first-order chi connectivity index (χ1) is 9.74. The standard InChI is InChI=1S/C15H19N3O2/c1-17-11-12(10-16-17)14-5-2-8-18(14)15(19)7-6-13-4-3-9-20-13/h3-4,9-11,14H,2,5-8H2,1H3. The first-order valence-electron chi connectivity index (χ1n) is 7.04. The third-order valence-corrected chi connectivity index (χ3v) is 3.85. The molecule has 0 N–H and O–H groups in total. The van der Waals surface area contributed by atoms with Crippen LogP contribution in [0.15, 0.2) is 35.2 Å². The lowest BCUT2D eigenvalue weighted by Crippen LogP contribution is -2.30. The maximum absolute atomic E-state index is 12.4. The number of carbonyl (C=O) groups excluding carboxylic acids is 1. The minimum atomic E-state index is 0.188. The largest absolute Gasteiger partial charge is 0.469 e. The van der Waals surface area contributed by atoms with E-state index in [0.717, 1.165) is 30.7 Å². The predicted molar refractivity (Wildman–Crippen MR) is 73.9 cm³/mol. The van der Waals surface area contributed by atoms with Gasteiger partial charge in [-0.2, -0.15) is 5.10 Å². The molecule has 0 radical (unpaired) electrons. The number of furan rings is 1. The molecular formula is C15H19N3O2. The summed E-state index contributed by atoms with van der Waals surface area (Å²) in [5, 5.41) is 4.21. The number of nitrogens with zero attached hydrogens (tertiary/aromatic N) is 3. The molecule has 106 valence electrons. The average molecular weight is 273 g/mol. The number of amides is 1. The Morgan fingerprint density at radius 2 is 2.45 bits per heavy atom. The molecule has 3 rings (SSSR count). The first-order valence-corrected chi connectivity index (χ1v) is 7.04. The van der Waals surface area contributed by atoms with E-state index in [0.29, 0.717) is 12.8 Å². The first kappa shape index (κ1) is 13.0. The van der Waals surface area contributed by atoms with Crippen LogP contribution >= 0.6 is 0 Å². The highest BCUT2D eigenvalue weighted by Crippen LogP contribution is 2.32. The number of likely N-dealkylation sites (tertiary alicyclic amines) is 1. The van der Waals surface area contributed by atoms with E-state index in [-0.39, 0.29) is 11.9 Å². The molecule has 20 heavy (non-hydrogen) atoms. The maximum atomic E-state index is 12.4. The molecule has 0 aromatic carbocycles. The molecule has 5 nitrogen and oxygen atoms in total. The van der Waals surface area contributed by atoms with Crippen LogP contribution in [0, 0.1) is 0 Å². The fraction of sp³-hybridized carbons (Fsp3) is 0.467. The van der Waals surface area contributed by atoms with Gasteiger partial charge in [-0.05, 0) is 25.0 Å². The molecule has 5 heteroatoms. The van der Waals surface area contributed by atoms with Crippen LogP contribution in [0.25, 0.3) is 0 Å². The van der Waals surface area contributed by atoms with E-state index in [1.807, 2.05) is 36.5 Å². The van der Waals surface area contributed by atoms with E-state index in [4.69, 9.17) is 4.42 Å². The average Bonchev–Trinajstić information content (AvgIpc) is 3.16. The number of hydrogen-bond acceptors (Lipinski definition) is 3. The molecule has 0 spiro atoms. The van der Waals surface area contributed by atoms with Gasteiger partial charge >= 0.3 is 0 Å². The Morgan fingerprint density at radius 1 is 1.55 bits per heavy atom. The quantitative estimate of drug-likeness (QED) is 0.859. The van der Waals surface area contributed by atoms with Crippen LogP contribution in [-0.4, -0.2) is 27.1 Å². The second kappa shape index (κ2) is 5.53. The van der Waals surface area contributed by atoms with E-state index in [1.165, 1.54) is 0 Å². The zero-order valence-electron chi connectivity index (χ0n) is 11.7. The molecule has 0 bridgehead atoms. The molecule has 3 heterocycles. The van der Waals surface area contributed by atoms with E-state index in [2.05, 4.69) is 5.10 Å². The molecule has 1 aliphatic heterocycles. The molecule has 2 aromatic rings. The Morgan fingerprint density at radius 3 is 3.15 bits per heavy atom. The van der Waals surface area contributed by atoms with E-state index >= 15 is 0 Å². The highest BCUT2D eigenvalue weighted by molar-refractivity contribution is 5.77. The smallest absolute Gasteiger partial charge is 0.223 e. The van der Waals surface area contributed by atoms with Crippen molar-refractivity contribution in [3.05, 3.63) is 42.1 Å². The van der Waals surface area contributed by atoms with Gasteiger partial charge in [-0.3, -0.25) is 9.48 Å². The van der Waals surface area contributed by atoms with Gasteiger partial charge in [0.15, 0.2) is 0 Å². The summed E-state index contributed by atoms with van der Waals surface area (Å²) in [5.74, 6) is 1.07. The summed E-state index contributed by atoms with van der Waals surface area (Å²) in [4.78, 5) is 14.4. The Labute approximate surface area is 118 Å². The van der Waals surface area contributed by atoms with Gasteiger partial charge in [0.1, 0.15) is 5.76 Å². The Hall–Kier alpha value is -2.04. The molecule has 1 amide bonds. The van der Waals surface area contributed by atoms with Gasteiger partial charge in [-0.15, -0.1) is 0 Å². The number of aromatic nitrogens is 2. The Kier molecular flexibility index (Phi) is 3.58. The zero-order chi connectivity index (χ0) is 13.9. The van der Waals surface area contributed by atoms with Crippen LogP contribution in [-0.2, 0) is 18.3 Å². The van der Waals surface area contributed by atoms with Crippen LogP contribution in [0.2, 0.25) is 0 Å². The van der Waals surface area contributed by atoms with Crippen LogP contribution in [0.1, 0.15) is 36.6 Å². The molecule has 1 fully saturated rings. The summed E-state index contributed by atoms with van der Waals surface area (Å²) in [6.07, 6.45) is 8.77. The number of rotatable bonds is 4. The molecule has 2 aromatic heterocycles. The van der Waals surface area contributed by atoms with Crippen LogP contribution < -0.4 is 0 Å². The summed E-state index contributed by atoms with van der Waals surface area (Å²) in [5.41, 5.74) is 1.14. The highest BCUT2D eigenvalue weighted by Gasteiger charge is 2.30. The van der Waals surface area contributed by atoms with Crippen molar-refractivity contribution in [2.45, 2.75) is 31.7 Å². The minimum Gasteiger partial charge on any atom is -0.469 e. The topological polar surface area (TPSA) is 51.3 Å². The van der Waals surface area contributed by atoms with Crippen LogP contribution in [0.3, 0.4) is 0 Å². The van der Waals surface area contributed by atoms with Gasteiger partial charge < -0.3 is 9.32 Å². The third kappa shape index (κ3) is 2.61. The number of carbonyl (C=O) groups is 1. The van der Waals surface area contributed by atoms with E-state index < -0.39 is 0 Å². The second-order valence-corrected chi connectivity index (χ2v) is 5.27. The Bertz CT molecular complexity index is 574. The van der Waals surface area contributed by atoms with Crippen molar-refractivity contribution in [3.8, 4) is 0 Å². The van der Waals surface area contributed by atoms with Crippen molar-refractivity contribution in [3.63, 3.8) is 0 Å². The molecule has 1 aliphatic rings. The second-order valence-electron chi connectivity index (χ2n) is 5.27. The van der Waals surface area contributed by atoms with Crippen LogP contribution in [0.4, 0.5) is 0 Å². The predicted octanol–water partition coefficient (Wildman–Crippen LogP) is 2.31. The highest BCUT2D eigenvalue weighted by atomic mass is 16.3. The zero-order valence-corrected chi connectivity index (χ0v) is 11.7. The van der Waals surface area contributed by atoms with Crippen molar-refractivity contribution in [2.75, 3.05) is 6.54 Å². The minimum absolute atomic E-state index is 0.188. The van der Waals surface area contributed by atoms with Gasteiger partial charge in [-0.1, -0.05) is 0 Å². The summed E-state index contributed by atoms with van der Waals surface area (Å²) >= 11 is 0. The van der Waals surface area contributed by atoms with Crippen molar-refractivity contribution < 1.29 is 9.21 Å². The van der Waals surface area contributed by atoms with Gasteiger partial charge in [0.25, 0.3) is 0 Å². The monoisotopic (exact) mass is 273 g/mol. The molecule has 0 saturated carbocycles. The molecular weight excluding hydrogens is 254 g/mol. The number of aryl methyl sites for hydroxylation is 2. The molecule has 1 saturated heterocycles. The third-order valence-electron chi connectivity index (χ3n) is 3.85. The lowest BCUT2D eigenvalue weighted by Gasteiger charge is -2.23. The van der Waals surface area contributed by atoms with Gasteiger partial charge in [0, 0.05) is 38.2 Å².